The third-order valence-electron chi connectivity index (χ3n) is 3.91. The highest BCUT2D eigenvalue weighted by atomic mass is 32.1. The zero-order chi connectivity index (χ0) is 17.1. The van der Waals surface area contributed by atoms with E-state index < -0.39 is 0 Å². The van der Waals surface area contributed by atoms with Crippen molar-refractivity contribution in [3.8, 4) is 21.8 Å². The van der Waals surface area contributed by atoms with Crippen LogP contribution in [-0.4, -0.2) is 15.6 Å². The van der Waals surface area contributed by atoms with Gasteiger partial charge in [0.1, 0.15) is 0 Å². The number of aromatic nitrogens is 2. The first kappa shape index (κ1) is 16.7. The normalized spacial score (nSPS) is 11.2. The second kappa shape index (κ2) is 7.14. The molecule has 1 aromatic carbocycles. The second-order valence-electron chi connectivity index (χ2n) is 6.19. The smallest absolute Gasteiger partial charge is 0.175 e. The lowest BCUT2D eigenvalue weighted by atomic mass is 10.1. The van der Waals surface area contributed by atoms with E-state index in [2.05, 4.69) is 29.8 Å². The van der Waals surface area contributed by atoms with Crippen molar-refractivity contribution in [2.75, 3.05) is 0 Å². The van der Waals surface area contributed by atoms with Gasteiger partial charge < -0.3 is 0 Å². The summed E-state index contributed by atoms with van der Waals surface area (Å²) in [6.45, 7) is 6.90. The summed E-state index contributed by atoms with van der Waals surface area (Å²) in [6, 6.07) is 16.3. The molecule has 0 N–H and O–H groups in total. The van der Waals surface area contributed by atoms with E-state index in [0.717, 1.165) is 39.7 Å². The fourth-order valence-corrected chi connectivity index (χ4v) is 3.75. The van der Waals surface area contributed by atoms with Crippen LogP contribution in [0.2, 0.25) is 0 Å². The number of benzene rings is 1. The SMILES string of the molecule is CCCn1nc(-c2ccccc2)cc1-c1ccc(C(=O)C(C)C)s1. The average Bonchev–Trinajstić information content (AvgIpc) is 3.22. The fraction of sp³-hybridized carbons (Fsp3) is 0.300. The van der Waals surface area contributed by atoms with Crippen LogP contribution in [0.15, 0.2) is 48.5 Å². The number of nitrogens with zero attached hydrogens (tertiary/aromatic N) is 2. The molecule has 3 aromatic rings. The van der Waals surface area contributed by atoms with E-state index in [1.54, 1.807) is 11.3 Å². The van der Waals surface area contributed by atoms with Gasteiger partial charge >= 0.3 is 0 Å². The summed E-state index contributed by atoms with van der Waals surface area (Å²) in [6.07, 6.45) is 1.02. The number of Topliss-reactive ketones (excluding diaryl/α,β-unsaturated/α-hetero) is 1. The summed E-state index contributed by atoms with van der Waals surface area (Å²) in [5, 5.41) is 4.77. The van der Waals surface area contributed by atoms with Gasteiger partial charge in [-0.2, -0.15) is 5.10 Å². The largest absolute Gasteiger partial charge is 0.293 e. The number of thiophene rings is 1. The molecule has 124 valence electrons. The molecule has 0 spiro atoms. The predicted molar refractivity (Wildman–Crippen MR) is 100 cm³/mol. The lowest BCUT2D eigenvalue weighted by Crippen LogP contribution is -2.04. The lowest BCUT2D eigenvalue weighted by molar-refractivity contribution is 0.0943. The molecular formula is C20H22N2OS. The molecule has 0 aliphatic rings. The van der Waals surface area contributed by atoms with Crippen LogP contribution in [-0.2, 0) is 6.54 Å². The molecule has 0 radical (unpaired) electrons. The first-order chi connectivity index (χ1) is 11.6. The van der Waals surface area contributed by atoms with E-state index in [1.165, 1.54) is 0 Å². The Morgan fingerprint density at radius 1 is 1.17 bits per heavy atom. The summed E-state index contributed by atoms with van der Waals surface area (Å²) in [5.41, 5.74) is 3.18. The Bertz CT molecular complexity index is 830. The number of hydrogen-bond acceptors (Lipinski definition) is 3. The highest BCUT2D eigenvalue weighted by molar-refractivity contribution is 7.17. The van der Waals surface area contributed by atoms with Crippen molar-refractivity contribution in [2.24, 2.45) is 5.92 Å². The van der Waals surface area contributed by atoms with Crippen molar-refractivity contribution in [3.05, 3.63) is 53.4 Å². The summed E-state index contributed by atoms with van der Waals surface area (Å²) < 4.78 is 2.05. The molecule has 2 heterocycles. The maximum Gasteiger partial charge on any atom is 0.175 e. The van der Waals surface area contributed by atoms with E-state index in [4.69, 9.17) is 5.10 Å². The Balaban J connectivity index is 2.01. The quantitative estimate of drug-likeness (QED) is 0.554. The van der Waals surface area contributed by atoms with Gasteiger partial charge in [0, 0.05) is 18.0 Å². The lowest BCUT2D eigenvalue weighted by Gasteiger charge is -2.03. The van der Waals surface area contributed by atoms with Gasteiger partial charge in [0.2, 0.25) is 0 Å². The van der Waals surface area contributed by atoms with Gasteiger partial charge in [-0.05, 0) is 24.6 Å². The van der Waals surface area contributed by atoms with Crippen molar-refractivity contribution in [1.82, 2.24) is 9.78 Å². The minimum Gasteiger partial charge on any atom is -0.293 e. The van der Waals surface area contributed by atoms with Gasteiger partial charge in [-0.3, -0.25) is 9.48 Å². The molecule has 3 rings (SSSR count). The molecule has 0 fully saturated rings. The highest BCUT2D eigenvalue weighted by Crippen LogP contribution is 2.32. The molecule has 0 aliphatic carbocycles. The van der Waals surface area contributed by atoms with Crippen LogP contribution < -0.4 is 0 Å². The maximum absolute atomic E-state index is 12.2. The molecular weight excluding hydrogens is 316 g/mol. The van der Waals surface area contributed by atoms with Gasteiger partial charge in [-0.15, -0.1) is 11.3 Å². The van der Waals surface area contributed by atoms with Crippen LogP contribution in [0.1, 0.15) is 36.9 Å². The summed E-state index contributed by atoms with van der Waals surface area (Å²) in [5.74, 6) is 0.230. The van der Waals surface area contributed by atoms with Crippen LogP contribution in [0.5, 0.6) is 0 Å². The van der Waals surface area contributed by atoms with Crippen molar-refractivity contribution in [2.45, 2.75) is 33.7 Å². The molecule has 3 nitrogen and oxygen atoms in total. The molecule has 0 atom stereocenters. The molecule has 0 bridgehead atoms. The van der Waals surface area contributed by atoms with Crippen LogP contribution >= 0.6 is 11.3 Å². The number of rotatable bonds is 6. The van der Waals surface area contributed by atoms with Gasteiger partial charge in [0.15, 0.2) is 5.78 Å². The monoisotopic (exact) mass is 338 g/mol. The number of hydrogen-bond donors (Lipinski definition) is 0. The first-order valence-electron chi connectivity index (χ1n) is 8.38. The van der Waals surface area contributed by atoms with Gasteiger partial charge in [-0.1, -0.05) is 51.1 Å². The number of carbonyl (C=O) groups excluding carboxylic acids is 1. The fourth-order valence-electron chi connectivity index (χ4n) is 2.64. The molecule has 24 heavy (non-hydrogen) atoms. The molecule has 0 unspecified atom stereocenters. The maximum atomic E-state index is 12.2. The Morgan fingerprint density at radius 3 is 2.58 bits per heavy atom. The average molecular weight is 338 g/mol. The van der Waals surface area contributed by atoms with Crippen molar-refractivity contribution < 1.29 is 4.79 Å². The van der Waals surface area contributed by atoms with E-state index in [1.807, 2.05) is 44.2 Å². The van der Waals surface area contributed by atoms with Gasteiger partial charge in [-0.25, -0.2) is 0 Å². The Kier molecular flexibility index (Phi) is 4.95. The van der Waals surface area contributed by atoms with E-state index >= 15 is 0 Å². The molecule has 4 heteroatoms. The number of carbonyl (C=O) groups is 1. The molecule has 2 aromatic heterocycles. The minimum atomic E-state index is 0.0249. The van der Waals surface area contributed by atoms with Crippen LogP contribution in [0, 0.1) is 5.92 Å². The number of aryl methyl sites for hydroxylation is 1. The predicted octanol–water partition coefficient (Wildman–Crippen LogP) is 5.53. The summed E-state index contributed by atoms with van der Waals surface area (Å²) in [7, 11) is 0. The standard InChI is InChI=1S/C20H22N2OS/c1-4-12-22-17(13-16(21-22)15-8-6-5-7-9-15)18-10-11-19(24-18)20(23)14(2)3/h5-11,13-14H,4,12H2,1-3H3. The van der Waals surface area contributed by atoms with Crippen LogP contribution in [0.25, 0.3) is 21.8 Å². The second-order valence-corrected chi connectivity index (χ2v) is 7.27. The van der Waals surface area contributed by atoms with Crippen LogP contribution in [0.4, 0.5) is 0 Å². The van der Waals surface area contributed by atoms with E-state index in [9.17, 15) is 4.79 Å². The van der Waals surface area contributed by atoms with Crippen molar-refractivity contribution in [3.63, 3.8) is 0 Å². The van der Waals surface area contributed by atoms with Gasteiger partial charge in [0.05, 0.1) is 21.1 Å². The first-order valence-corrected chi connectivity index (χ1v) is 9.19. The highest BCUT2D eigenvalue weighted by Gasteiger charge is 2.17. The van der Waals surface area contributed by atoms with E-state index in [-0.39, 0.29) is 11.7 Å². The Hall–Kier alpha value is -2.20. The van der Waals surface area contributed by atoms with Gasteiger partial charge in [0.25, 0.3) is 0 Å². The Morgan fingerprint density at radius 2 is 1.92 bits per heavy atom. The summed E-state index contributed by atoms with van der Waals surface area (Å²) >= 11 is 1.56. The third-order valence-corrected chi connectivity index (χ3v) is 5.03. The van der Waals surface area contributed by atoms with Crippen LogP contribution in [0.3, 0.4) is 0 Å². The molecule has 0 aliphatic heterocycles. The van der Waals surface area contributed by atoms with E-state index in [0.29, 0.717) is 0 Å². The molecule has 0 saturated heterocycles. The number of ketones is 1. The third kappa shape index (κ3) is 3.34. The molecule has 0 saturated carbocycles. The zero-order valence-electron chi connectivity index (χ0n) is 14.3. The topological polar surface area (TPSA) is 34.9 Å². The minimum absolute atomic E-state index is 0.0249. The zero-order valence-corrected chi connectivity index (χ0v) is 15.1. The summed E-state index contributed by atoms with van der Waals surface area (Å²) in [4.78, 5) is 14.1. The molecule has 0 amide bonds. The van der Waals surface area contributed by atoms with Crippen molar-refractivity contribution in [1.29, 1.82) is 0 Å². The van der Waals surface area contributed by atoms with Crippen molar-refractivity contribution >= 4 is 17.1 Å². The Labute approximate surface area is 147 Å².